The minimum absolute atomic E-state index is 0.0703. The Balaban J connectivity index is 1.72. The van der Waals surface area contributed by atoms with Gasteiger partial charge in [-0.1, -0.05) is 6.92 Å². The Hall–Kier alpha value is -2.61. The Bertz CT molecular complexity index is 817. The van der Waals surface area contributed by atoms with Crippen LogP contribution < -0.4 is 10.2 Å². The third-order valence-electron chi connectivity index (χ3n) is 5.21. The predicted octanol–water partition coefficient (Wildman–Crippen LogP) is 2.95. The molecule has 2 saturated heterocycles. The van der Waals surface area contributed by atoms with Gasteiger partial charge < -0.3 is 19.7 Å². The molecular formula is C22H31N3O5. The van der Waals surface area contributed by atoms with Gasteiger partial charge in [-0.3, -0.25) is 14.5 Å². The number of rotatable bonds is 4. The number of morpholine rings is 1. The molecule has 0 aliphatic carbocycles. The molecule has 2 aliphatic rings. The van der Waals surface area contributed by atoms with E-state index >= 15 is 0 Å². The zero-order valence-corrected chi connectivity index (χ0v) is 18.2. The molecule has 2 fully saturated rings. The summed E-state index contributed by atoms with van der Waals surface area (Å²) in [7, 11) is 0. The topological polar surface area (TPSA) is 88.2 Å². The van der Waals surface area contributed by atoms with Crippen LogP contribution in [0.5, 0.6) is 0 Å². The molecular weight excluding hydrogens is 386 g/mol. The molecule has 3 rings (SSSR count). The van der Waals surface area contributed by atoms with Crippen LogP contribution in [0.25, 0.3) is 0 Å². The lowest BCUT2D eigenvalue weighted by molar-refractivity contribution is -0.125. The van der Waals surface area contributed by atoms with Crippen molar-refractivity contribution in [2.24, 2.45) is 0 Å². The van der Waals surface area contributed by atoms with Crippen LogP contribution in [0, 0.1) is 0 Å². The van der Waals surface area contributed by atoms with E-state index in [1.54, 1.807) is 4.90 Å². The Labute approximate surface area is 177 Å². The fourth-order valence-corrected chi connectivity index (χ4v) is 3.75. The van der Waals surface area contributed by atoms with Gasteiger partial charge in [0.1, 0.15) is 18.2 Å². The van der Waals surface area contributed by atoms with Gasteiger partial charge in [-0.15, -0.1) is 0 Å². The number of nitrogens with zero attached hydrogens (tertiary/aromatic N) is 2. The van der Waals surface area contributed by atoms with Crippen LogP contribution in [0.15, 0.2) is 18.2 Å². The average molecular weight is 418 g/mol. The monoisotopic (exact) mass is 417 g/mol. The second-order valence-electron chi connectivity index (χ2n) is 8.61. The van der Waals surface area contributed by atoms with Crippen LogP contribution in [-0.2, 0) is 25.5 Å². The SMILES string of the molecule is CCc1cc(N2CCOCC2=O)ccc1NC(=O)C1CCCN1C(=O)OC(C)(C)C. The standard InChI is InChI=1S/C22H31N3O5/c1-5-15-13-16(24-11-12-29-14-19(24)26)8-9-17(15)23-20(27)18-7-6-10-25(18)21(28)30-22(2,3)4/h8-9,13,18H,5-7,10-12,14H2,1-4H3,(H,23,27). The summed E-state index contributed by atoms with van der Waals surface area (Å²) >= 11 is 0. The van der Waals surface area contributed by atoms with E-state index in [1.807, 2.05) is 45.9 Å². The number of anilines is 2. The van der Waals surface area contributed by atoms with Crippen molar-refractivity contribution in [2.45, 2.75) is 58.6 Å². The maximum atomic E-state index is 13.0. The number of hydrogen-bond donors (Lipinski definition) is 1. The lowest BCUT2D eigenvalue weighted by Gasteiger charge is -2.29. The molecule has 1 N–H and O–H groups in total. The molecule has 30 heavy (non-hydrogen) atoms. The van der Waals surface area contributed by atoms with Crippen molar-refractivity contribution in [1.82, 2.24) is 4.90 Å². The van der Waals surface area contributed by atoms with Gasteiger partial charge in [0.25, 0.3) is 5.91 Å². The maximum absolute atomic E-state index is 13.0. The number of amides is 3. The molecule has 0 spiro atoms. The third kappa shape index (κ3) is 5.11. The molecule has 2 heterocycles. The lowest BCUT2D eigenvalue weighted by atomic mass is 10.1. The molecule has 0 aromatic heterocycles. The number of benzene rings is 1. The van der Waals surface area contributed by atoms with Gasteiger partial charge in [-0.2, -0.15) is 0 Å². The van der Waals surface area contributed by atoms with Crippen molar-refractivity contribution in [3.05, 3.63) is 23.8 Å². The molecule has 8 nitrogen and oxygen atoms in total. The van der Waals surface area contributed by atoms with E-state index in [1.165, 1.54) is 4.90 Å². The fraction of sp³-hybridized carbons (Fsp3) is 0.591. The van der Waals surface area contributed by atoms with Crippen molar-refractivity contribution < 1.29 is 23.9 Å². The van der Waals surface area contributed by atoms with E-state index in [4.69, 9.17) is 9.47 Å². The molecule has 1 aromatic carbocycles. The molecule has 0 saturated carbocycles. The van der Waals surface area contributed by atoms with E-state index < -0.39 is 17.7 Å². The Morgan fingerprint density at radius 2 is 2.03 bits per heavy atom. The summed E-state index contributed by atoms with van der Waals surface area (Å²) in [6, 6.07) is 5.03. The fourth-order valence-electron chi connectivity index (χ4n) is 3.75. The molecule has 8 heteroatoms. The quantitative estimate of drug-likeness (QED) is 0.814. The number of nitrogens with one attached hydrogen (secondary N) is 1. The molecule has 1 aromatic rings. The highest BCUT2D eigenvalue weighted by molar-refractivity contribution is 5.98. The minimum Gasteiger partial charge on any atom is -0.444 e. The molecule has 1 unspecified atom stereocenters. The first-order chi connectivity index (χ1) is 14.2. The molecule has 0 bridgehead atoms. The van der Waals surface area contributed by atoms with Crippen molar-refractivity contribution >= 4 is 29.3 Å². The van der Waals surface area contributed by atoms with Gasteiger partial charge in [0, 0.05) is 24.5 Å². The average Bonchev–Trinajstić information content (AvgIpc) is 3.18. The second kappa shape index (κ2) is 9.04. The summed E-state index contributed by atoms with van der Waals surface area (Å²) in [6.45, 7) is 9.04. The number of carbonyl (C=O) groups excluding carboxylic acids is 3. The lowest BCUT2D eigenvalue weighted by Crippen LogP contribution is -2.45. The van der Waals surface area contributed by atoms with Gasteiger partial charge in [0.05, 0.1) is 6.61 Å². The van der Waals surface area contributed by atoms with Crippen molar-refractivity contribution in [3.63, 3.8) is 0 Å². The predicted molar refractivity (Wildman–Crippen MR) is 114 cm³/mol. The summed E-state index contributed by atoms with van der Waals surface area (Å²) in [5.41, 5.74) is 1.82. The van der Waals surface area contributed by atoms with Crippen LogP contribution in [0.2, 0.25) is 0 Å². The minimum atomic E-state index is -0.608. The van der Waals surface area contributed by atoms with Crippen LogP contribution >= 0.6 is 0 Å². The molecule has 0 radical (unpaired) electrons. The largest absolute Gasteiger partial charge is 0.444 e. The van der Waals surface area contributed by atoms with Gasteiger partial charge >= 0.3 is 6.09 Å². The summed E-state index contributed by atoms with van der Waals surface area (Å²) < 4.78 is 10.6. The summed E-state index contributed by atoms with van der Waals surface area (Å²) in [5, 5.41) is 2.98. The van der Waals surface area contributed by atoms with Crippen LogP contribution in [0.3, 0.4) is 0 Å². The Morgan fingerprint density at radius 3 is 2.70 bits per heavy atom. The van der Waals surface area contributed by atoms with Crippen molar-refractivity contribution in [1.29, 1.82) is 0 Å². The number of likely N-dealkylation sites (tertiary alicyclic amines) is 1. The van der Waals surface area contributed by atoms with Crippen LogP contribution in [0.4, 0.5) is 16.2 Å². The molecule has 164 valence electrons. The highest BCUT2D eigenvalue weighted by Gasteiger charge is 2.36. The smallest absolute Gasteiger partial charge is 0.410 e. The van der Waals surface area contributed by atoms with Gasteiger partial charge in [-0.05, 0) is 63.8 Å². The molecule has 3 amide bonds. The number of ether oxygens (including phenoxy) is 2. The van der Waals surface area contributed by atoms with Gasteiger partial charge in [-0.25, -0.2) is 4.79 Å². The molecule has 1 atom stereocenters. The van der Waals surface area contributed by atoms with Crippen molar-refractivity contribution in [2.75, 3.05) is 36.5 Å². The zero-order chi connectivity index (χ0) is 21.9. The highest BCUT2D eigenvalue weighted by Crippen LogP contribution is 2.27. The van der Waals surface area contributed by atoms with Crippen LogP contribution in [0.1, 0.15) is 46.1 Å². The van der Waals surface area contributed by atoms with E-state index in [9.17, 15) is 14.4 Å². The van der Waals surface area contributed by atoms with Crippen LogP contribution in [-0.4, -0.2) is 60.8 Å². The summed E-state index contributed by atoms with van der Waals surface area (Å²) in [6.07, 6.45) is 1.60. The first-order valence-electron chi connectivity index (χ1n) is 10.5. The van der Waals surface area contributed by atoms with E-state index in [-0.39, 0.29) is 18.4 Å². The summed E-state index contributed by atoms with van der Waals surface area (Å²) in [4.78, 5) is 40.8. The van der Waals surface area contributed by atoms with E-state index in [0.29, 0.717) is 38.2 Å². The van der Waals surface area contributed by atoms with Gasteiger partial charge in [0.15, 0.2) is 0 Å². The normalized spacial score (nSPS) is 19.7. The zero-order valence-electron chi connectivity index (χ0n) is 18.2. The molecule has 2 aliphatic heterocycles. The third-order valence-corrected chi connectivity index (χ3v) is 5.21. The second-order valence-corrected chi connectivity index (χ2v) is 8.61. The highest BCUT2D eigenvalue weighted by atomic mass is 16.6. The maximum Gasteiger partial charge on any atom is 0.410 e. The Morgan fingerprint density at radius 1 is 1.27 bits per heavy atom. The Kier molecular flexibility index (Phi) is 6.65. The van der Waals surface area contributed by atoms with Crippen molar-refractivity contribution in [3.8, 4) is 0 Å². The first-order valence-corrected chi connectivity index (χ1v) is 10.5. The number of carbonyl (C=O) groups is 3. The number of hydrogen-bond acceptors (Lipinski definition) is 5. The van der Waals surface area contributed by atoms with Gasteiger partial charge in [0.2, 0.25) is 5.91 Å². The van der Waals surface area contributed by atoms with E-state index in [2.05, 4.69) is 5.32 Å². The van der Waals surface area contributed by atoms with E-state index in [0.717, 1.165) is 17.7 Å². The first kappa shape index (κ1) is 22.1. The number of aryl methyl sites for hydroxylation is 1. The summed E-state index contributed by atoms with van der Waals surface area (Å²) in [5.74, 6) is -0.290.